The van der Waals surface area contributed by atoms with Crippen LogP contribution in [0.1, 0.15) is 21.5 Å². The van der Waals surface area contributed by atoms with Crippen LogP contribution in [0.3, 0.4) is 0 Å². The van der Waals surface area contributed by atoms with Crippen molar-refractivity contribution >= 4 is 17.5 Å². The molecule has 0 amide bonds. The number of ether oxygens (including phenoxy) is 1. The van der Waals surface area contributed by atoms with Crippen molar-refractivity contribution in [2.24, 2.45) is 5.92 Å². The molecule has 3 aromatic rings. The zero-order valence-electron chi connectivity index (χ0n) is 15.5. The molecule has 0 unspecified atom stereocenters. The van der Waals surface area contributed by atoms with E-state index in [1.54, 1.807) is 7.11 Å². The SMILES string of the molecule is COc1ccc(C(=O)[C@H](CSCc2ccccc2)Cc2ccccc2)cc1. The molecule has 2 nitrogen and oxygen atoms in total. The van der Waals surface area contributed by atoms with Crippen molar-refractivity contribution < 1.29 is 9.53 Å². The Morgan fingerprint density at radius 3 is 2.04 bits per heavy atom. The van der Waals surface area contributed by atoms with E-state index in [2.05, 4.69) is 36.4 Å². The number of ketones is 1. The van der Waals surface area contributed by atoms with Gasteiger partial charge in [-0.25, -0.2) is 0 Å². The van der Waals surface area contributed by atoms with E-state index in [9.17, 15) is 4.79 Å². The number of carbonyl (C=O) groups is 1. The zero-order valence-corrected chi connectivity index (χ0v) is 16.3. The van der Waals surface area contributed by atoms with E-state index in [4.69, 9.17) is 4.74 Å². The molecule has 0 aliphatic heterocycles. The van der Waals surface area contributed by atoms with Crippen LogP contribution in [-0.4, -0.2) is 18.6 Å². The molecular weight excluding hydrogens is 352 g/mol. The smallest absolute Gasteiger partial charge is 0.167 e. The number of hydrogen-bond donors (Lipinski definition) is 0. The summed E-state index contributed by atoms with van der Waals surface area (Å²) < 4.78 is 5.20. The first kappa shape index (κ1) is 19.2. The molecular formula is C24H24O2S. The first-order chi connectivity index (χ1) is 13.3. The molecule has 27 heavy (non-hydrogen) atoms. The monoisotopic (exact) mass is 376 g/mol. The lowest BCUT2D eigenvalue weighted by Gasteiger charge is -2.16. The van der Waals surface area contributed by atoms with Gasteiger partial charge < -0.3 is 4.74 Å². The second-order valence-corrected chi connectivity index (χ2v) is 7.51. The average Bonchev–Trinajstić information content (AvgIpc) is 2.74. The Kier molecular flexibility index (Phi) is 7.11. The van der Waals surface area contributed by atoms with Gasteiger partial charge in [-0.15, -0.1) is 0 Å². The van der Waals surface area contributed by atoms with Crippen molar-refractivity contribution in [3.05, 3.63) is 102 Å². The first-order valence-corrected chi connectivity index (χ1v) is 10.3. The lowest BCUT2D eigenvalue weighted by Crippen LogP contribution is -2.20. The average molecular weight is 377 g/mol. The molecule has 0 aliphatic rings. The summed E-state index contributed by atoms with van der Waals surface area (Å²) in [6.45, 7) is 0. The number of carbonyl (C=O) groups excluding carboxylic acids is 1. The highest BCUT2D eigenvalue weighted by Crippen LogP contribution is 2.23. The first-order valence-electron chi connectivity index (χ1n) is 9.10. The second kappa shape index (κ2) is 9.98. The van der Waals surface area contributed by atoms with Gasteiger partial charge in [-0.2, -0.15) is 11.8 Å². The molecule has 0 aromatic heterocycles. The fourth-order valence-corrected chi connectivity index (χ4v) is 4.11. The third kappa shape index (κ3) is 5.73. The predicted octanol–water partition coefficient (Wildman–Crippen LogP) is 5.67. The van der Waals surface area contributed by atoms with Crippen molar-refractivity contribution in [2.75, 3.05) is 12.9 Å². The van der Waals surface area contributed by atoms with Gasteiger partial charge in [0.2, 0.25) is 0 Å². The van der Waals surface area contributed by atoms with Crippen LogP contribution in [0.4, 0.5) is 0 Å². The number of Topliss-reactive ketones (excluding diaryl/α,β-unsaturated/α-hetero) is 1. The van der Waals surface area contributed by atoms with Gasteiger partial charge in [0, 0.05) is 23.0 Å². The quantitative estimate of drug-likeness (QED) is 0.450. The van der Waals surface area contributed by atoms with Gasteiger partial charge in [0.25, 0.3) is 0 Å². The lowest BCUT2D eigenvalue weighted by molar-refractivity contribution is 0.0932. The minimum Gasteiger partial charge on any atom is -0.497 e. The van der Waals surface area contributed by atoms with Gasteiger partial charge >= 0.3 is 0 Å². The summed E-state index contributed by atoms with van der Waals surface area (Å²) in [6.07, 6.45) is 0.757. The maximum atomic E-state index is 13.1. The van der Waals surface area contributed by atoms with Crippen LogP contribution in [0, 0.1) is 5.92 Å². The van der Waals surface area contributed by atoms with Crippen LogP contribution in [0.15, 0.2) is 84.9 Å². The largest absolute Gasteiger partial charge is 0.497 e. The number of thioether (sulfide) groups is 1. The molecule has 0 saturated heterocycles. The van der Waals surface area contributed by atoms with Crippen molar-refractivity contribution in [1.82, 2.24) is 0 Å². The van der Waals surface area contributed by atoms with E-state index in [1.165, 1.54) is 11.1 Å². The summed E-state index contributed by atoms with van der Waals surface area (Å²) in [5, 5.41) is 0. The van der Waals surface area contributed by atoms with Crippen LogP contribution in [0.2, 0.25) is 0 Å². The van der Waals surface area contributed by atoms with Gasteiger partial charge in [0.05, 0.1) is 7.11 Å². The van der Waals surface area contributed by atoms with E-state index in [1.807, 2.05) is 60.3 Å². The van der Waals surface area contributed by atoms with Crippen LogP contribution in [0.25, 0.3) is 0 Å². The molecule has 3 aromatic carbocycles. The van der Waals surface area contributed by atoms with Crippen LogP contribution in [-0.2, 0) is 12.2 Å². The molecule has 0 bridgehead atoms. The van der Waals surface area contributed by atoms with E-state index in [0.29, 0.717) is 0 Å². The van der Waals surface area contributed by atoms with Crippen molar-refractivity contribution in [1.29, 1.82) is 0 Å². The Morgan fingerprint density at radius 1 is 0.852 bits per heavy atom. The summed E-state index contributed by atoms with van der Waals surface area (Å²) in [6, 6.07) is 28.1. The second-order valence-electron chi connectivity index (χ2n) is 6.48. The molecule has 0 spiro atoms. The van der Waals surface area contributed by atoms with Crippen molar-refractivity contribution in [3.63, 3.8) is 0 Å². The lowest BCUT2D eigenvalue weighted by atomic mass is 9.93. The number of hydrogen-bond acceptors (Lipinski definition) is 3. The Hall–Kier alpha value is -2.52. The molecule has 0 saturated carbocycles. The Morgan fingerprint density at radius 2 is 1.44 bits per heavy atom. The highest BCUT2D eigenvalue weighted by atomic mass is 32.2. The zero-order chi connectivity index (χ0) is 18.9. The Labute approximate surface area is 165 Å². The maximum Gasteiger partial charge on any atom is 0.167 e. The number of benzene rings is 3. The topological polar surface area (TPSA) is 26.3 Å². The normalized spacial score (nSPS) is 11.7. The summed E-state index contributed by atoms with van der Waals surface area (Å²) in [5.41, 5.74) is 3.24. The Balaban J connectivity index is 1.70. The fourth-order valence-electron chi connectivity index (χ4n) is 3.01. The molecule has 3 rings (SSSR count). The van der Waals surface area contributed by atoms with Crippen molar-refractivity contribution in [3.8, 4) is 5.75 Å². The van der Waals surface area contributed by atoms with E-state index in [-0.39, 0.29) is 11.7 Å². The minimum atomic E-state index is -0.0468. The molecule has 0 aliphatic carbocycles. The third-order valence-electron chi connectivity index (χ3n) is 4.50. The van der Waals surface area contributed by atoms with Crippen LogP contribution < -0.4 is 4.74 Å². The minimum absolute atomic E-state index is 0.0468. The van der Waals surface area contributed by atoms with Gasteiger partial charge in [-0.3, -0.25) is 4.79 Å². The number of rotatable bonds is 9. The highest BCUT2D eigenvalue weighted by Gasteiger charge is 2.21. The molecule has 1 atom stereocenters. The molecule has 3 heteroatoms. The maximum absolute atomic E-state index is 13.1. The van der Waals surface area contributed by atoms with Gasteiger partial charge in [0.15, 0.2) is 5.78 Å². The van der Waals surface area contributed by atoms with Gasteiger partial charge in [-0.05, 0) is 41.8 Å². The van der Waals surface area contributed by atoms with Crippen molar-refractivity contribution in [2.45, 2.75) is 12.2 Å². The number of methoxy groups -OCH3 is 1. The van der Waals surface area contributed by atoms with E-state index in [0.717, 1.165) is 29.2 Å². The molecule has 0 radical (unpaired) electrons. The summed E-state index contributed by atoms with van der Waals surface area (Å²) in [7, 11) is 1.63. The van der Waals surface area contributed by atoms with Crippen LogP contribution in [0.5, 0.6) is 5.75 Å². The molecule has 138 valence electrons. The predicted molar refractivity (Wildman–Crippen MR) is 114 cm³/mol. The summed E-state index contributed by atoms with van der Waals surface area (Å²) in [4.78, 5) is 13.1. The van der Waals surface area contributed by atoms with E-state index >= 15 is 0 Å². The highest BCUT2D eigenvalue weighted by molar-refractivity contribution is 7.98. The summed E-state index contributed by atoms with van der Waals surface area (Å²) in [5.74, 6) is 2.64. The van der Waals surface area contributed by atoms with Gasteiger partial charge in [-0.1, -0.05) is 60.7 Å². The van der Waals surface area contributed by atoms with E-state index < -0.39 is 0 Å². The summed E-state index contributed by atoms with van der Waals surface area (Å²) >= 11 is 1.82. The standard InChI is InChI=1S/C24H24O2S/c1-26-23-14-12-21(13-15-23)24(25)22(16-19-8-4-2-5-9-19)18-27-17-20-10-6-3-7-11-20/h2-15,22H,16-18H2,1H3/t22-/m0/s1. The van der Waals surface area contributed by atoms with Gasteiger partial charge in [0.1, 0.15) is 5.75 Å². The Bertz CT molecular complexity index is 829. The molecule has 0 heterocycles. The third-order valence-corrected chi connectivity index (χ3v) is 5.68. The fraction of sp³-hybridized carbons (Fsp3) is 0.208. The molecule has 0 fully saturated rings. The van der Waals surface area contributed by atoms with Crippen LogP contribution >= 0.6 is 11.8 Å². The molecule has 0 N–H and O–H groups in total.